The molecule has 2 aromatic heterocycles. The lowest BCUT2D eigenvalue weighted by molar-refractivity contribution is 0.0153. The van der Waals surface area contributed by atoms with E-state index in [4.69, 9.17) is 10.00 Å². The molecule has 3 heterocycles. The molecular weight excluding hydrogens is 306 g/mol. The third-order valence-electron chi connectivity index (χ3n) is 4.03. The maximum absolute atomic E-state index is 12.3. The van der Waals surface area contributed by atoms with Crippen molar-refractivity contribution in [3.63, 3.8) is 0 Å². The number of carbonyl (C=O) groups excluding carboxylic acids is 1. The highest BCUT2D eigenvalue weighted by molar-refractivity contribution is 5.92. The molecule has 0 unspecified atom stereocenters. The first-order valence-electron chi connectivity index (χ1n) is 7.87. The van der Waals surface area contributed by atoms with Gasteiger partial charge in [0.05, 0.1) is 30.5 Å². The number of morpholine rings is 1. The number of H-pyrrole nitrogens is 1. The van der Waals surface area contributed by atoms with Gasteiger partial charge in [-0.25, -0.2) is 0 Å². The summed E-state index contributed by atoms with van der Waals surface area (Å²) in [6.07, 6.45) is 3.28. The number of ether oxygens (including phenoxy) is 1. The molecule has 1 fully saturated rings. The lowest BCUT2D eigenvalue weighted by Gasteiger charge is -2.34. The Kier molecular flexibility index (Phi) is 5.21. The van der Waals surface area contributed by atoms with E-state index in [9.17, 15) is 4.79 Å². The molecule has 2 aromatic rings. The molecular formula is C17H19N5O2. The van der Waals surface area contributed by atoms with Gasteiger partial charge in [0, 0.05) is 32.0 Å². The first kappa shape index (κ1) is 16.2. The van der Waals surface area contributed by atoms with Gasteiger partial charge in [-0.15, -0.1) is 0 Å². The summed E-state index contributed by atoms with van der Waals surface area (Å²) in [7, 11) is 0. The SMILES string of the molecule is N#Cc1c[nH]c(C(=O)NC[C@@H](c2ccccn2)N2CCOCC2)c1. The van der Waals surface area contributed by atoms with Gasteiger partial charge < -0.3 is 15.0 Å². The topological polar surface area (TPSA) is 94.0 Å². The van der Waals surface area contributed by atoms with Gasteiger partial charge in [0.2, 0.25) is 0 Å². The summed E-state index contributed by atoms with van der Waals surface area (Å²) in [4.78, 5) is 21.8. The Balaban J connectivity index is 1.69. The van der Waals surface area contributed by atoms with E-state index in [-0.39, 0.29) is 11.9 Å². The molecule has 1 aliphatic heterocycles. The molecule has 7 heteroatoms. The average Bonchev–Trinajstić information content (AvgIpc) is 3.13. The number of nitrogens with zero attached hydrogens (tertiary/aromatic N) is 3. The molecule has 24 heavy (non-hydrogen) atoms. The molecule has 0 aromatic carbocycles. The monoisotopic (exact) mass is 325 g/mol. The number of rotatable bonds is 5. The Morgan fingerprint density at radius 1 is 1.46 bits per heavy atom. The third-order valence-corrected chi connectivity index (χ3v) is 4.03. The molecule has 124 valence electrons. The predicted octanol–water partition coefficient (Wildman–Crippen LogP) is 1.08. The first-order valence-corrected chi connectivity index (χ1v) is 7.87. The van der Waals surface area contributed by atoms with E-state index >= 15 is 0 Å². The molecule has 7 nitrogen and oxygen atoms in total. The smallest absolute Gasteiger partial charge is 0.267 e. The summed E-state index contributed by atoms with van der Waals surface area (Å²) in [5, 5.41) is 11.8. The van der Waals surface area contributed by atoms with Crippen LogP contribution in [0.15, 0.2) is 36.7 Å². The Morgan fingerprint density at radius 3 is 2.96 bits per heavy atom. The van der Waals surface area contributed by atoms with Crippen LogP contribution in [0.1, 0.15) is 27.8 Å². The number of aromatic nitrogens is 2. The average molecular weight is 325 g/mol. The van der Waals surface area contributed by atoms with Gasteiger partial charge in [-0.05, 0) is 18.2 Å². The fourth-order valence-electron chi connectivity index (χ4n) is 2.76. The number of pyridine rings is 1. The molecule has 1 aliphatic rings. The summed E-state index contributed by atoms with van der Waals surface area (Å²) < 4.78 is 5.41. The molecule has 1 saturated heterocycles. The first-order chi connectivity index (χ1) is 11.8. The van der Waals surface area contributed by atoms with Crippen LogP contribution >= 0.6 is 0 Å². The number of nitrogens with one attached hydrogen (secondary N) is 2. The van der Waals surface area contributed by atoms with E-state index in [0.717, 1.165) is 18.8 Å². The minimum Gasteiger partial charge on any atom is -0.379 e. The van der Waals surface area contributed by atoms with Crippen molar-refractivity contribution in [2.75, 3.05) is 32.8 Å². The zero-order valence-electron chi connectivity index (χ0n) is 13.2. The van der Waals surface area contributed by atoms with Gasteiger partial charge in [-0.2, -0.15) is 5.26 Å². The van der Waals surface area contributed by atoms with E-state index in [1.807, 2.05) is 24.3 Å². The molecule has 0 aliphatic carbocycles. The summed E-state index contributed by atoms with van der Waals surface area (Å²) in [6.45, 7) is 3.41. The maximum atomic E-state index is 12.3. The van der Waals surface area contributed by atoms with Gasteiger partial charge in [0.25, 0.3) is 5.91 Å². The van der Waals surface area contributed by atoms with Crippen LogP contribution < -0.4 is 5.32 Å². The van der Waals surface area contributed by atoms with Gasteiger partial charge in [-0.1, -0.05) is 6.07 Å². The van der Waals surface area contributed by atoms with Crippen LogP contribution in [0.5, 0.6) is 0 Å². The molecule has 0 radical (unpaired) electrons. The van der Waals surface area contributed by atoms with E-state index in [1.54, 1.807) is 12.3 Å². The minimum absolute atomic E-state index is 0.00977. The van der Waals surface area contributed by atoms with E-state index in [2.05, 4.69) is 20.2 Å². The Morgan fingerprint density at radius 2 is 2.29 bits per heavy atom. The number of carbonyl (C=O) groups is 1. The second kappa shape index (κ2) is 7.73. The normalized spacial score (nSPS) is 16.3. The van der Waals surface area contributed by atoms with Gasteiger partial charge in [0.1, 0.15) is 11.8 Å². The summed E-state index contributed by atoms with van der Waals surface area (Å²) in [6, 6.07) is 9.32. The molecule has 0 spiro atoms. The van der Waals surface area contributed by atoms with Crippen LogP contribution in [-0.2, 0) is 4.74 Å². The lowest BCUT2D eigenvalue weighted by atomic mass is 10.1. The highest BCUT2D eigenvalue weighted by Gasteiger charge is 2.24. The summed E-state index contributed by atoms with van der Waals surface area (Å²) in [5.41, 5.74) is 1.74. The van der Waals surface area contributed by atoms with Crippen molar-refractivity contribution in [3.8, 4) is 6.07 Å². The predicted molar refractivity (Wildman–Crippen MR) is 87.2 cm³/mol. The van der Waals surface area contributed by atoms with Crippen molar-refractivity contribution in [2.45, 2.75) is 6.04 Å². The molecule has 1 atom stereocenters. The van der Waals surface area contributed by atoms with Crippen molar-refractivity contribution < 1.29 is 9.53 Å². The number of amides is 1. The van der Waals surface area contributed by atoms with Gasteiger partial charge >= 0.3 is 0 Å². The van der Waals surface area contributed by atoms with E-state index in [1.165, 1.54) is 6.20 Å². The molecule has 3 rings (SSSR count). The van der Waals surface area contributed by atoms with Crippen molar-refractivity contribution in [2.24, 2.45) is 0 Å². The fraction of sp³-hybridized carbons (Fsp3) is 0.353. The van der Waals surface area contributed by atoms with Crippen LogP contribution in [0.4, 0.5) is 0 Å². The summed E-state index contributed by atoms with van der Waals surface area (Å²) in [5.74, 6) is -0.231. The van der Waals surface area contributed by atoms with Crippen LogP contribution in [-0.4, -0.2) is 53.6 Å². The van der Waals surface area contributed by atoms with E-state index in [0.29, 0.717) is 31.0 Å². The molecule has 1 amide bonds. The zero-order valence-corrected chi connectivity index (χ0v) is 13.2. The van der Waals surface area contributed by atoms with Gasteiger partial charge in [-0.3, -0.25) is 14.7 Å². The lowest BCUT2D eigenvalue weighted by Crippen LogP contribution is -2.44. The standard InChI is InChI=1S/C17H19N5O2/c18-10-13-9-15(20-11-13)17(23)21-12-16(14-3-1-2-4-19-14)22-5-7-24-8-6-22/h1-4,9,11,16,20H,5-8,12H2,(H,21,23)/t16-/m0/s1. The fourth-order valence-corrected chi connectivity index (χ4v) is 2.76. The maximum Gasteiger partial charge on any atom is 0.267 e. The molecule has 0 bridgehead atoms. The second-order valence-corrected chi connectivity index (χ2v) is 5.54. The minimum atomic E-state index is -0.231. The van der Waals surface area contributed by atoms with Crippen molar-refractivity contribution >= 4 is 5.91 Å². The van der Waals surface area contributed by atoms with Crippen molar-refractivity contribution in [1.29, 1.82) is 5.26 Å². The largest absolute Gasteiger partial charge is 0.379 e. The Bertz CT molecular complexity index is 716. The third kappa shape index (κ3) is 3.79. The van der Waals surface area contributed by atoms with Crippen LogP contribution in [0.25, 0.3) is 0 Å². The quantitative estimate of drug-likeness (QED) is 0.858. The second-order valence-electron chi connectivity index (χ2n) is 5.54. The number of aromatic amines is 1. The number of hydrogen-bond donors (Lipinski definition) is 2. The number of nitriles is 1. The van der Waals surface area contributed by atoms with Crippen LogP contribution in [0.2, 0.25) is 0 Å². The summed E-state index contributed by atoms with van der Waals surface area (Å²) >= 11 is 0. The van der Waals surface area contributed by atoms with E-state index < -0.39 is 0 Å². The molecule has 2 N–H and O–H groups in total. The van der Waals surface area contributed by atoms with Crippen molar-refractivity contribution in [1.82, 2.24) is 20.2 Å². The van der Waals surface area contributed by atoms with Crippen LogP contribution in [0, 0.1) is 11.3 Å². The van der Waals surface area contributed by atoms with Gasteiger partial charge in [0.15, 0.2) is 0 Å². The Hall–Kier alpha value is -2.69. The Labute approximate surface area is 140 Å². The molecule has 0 saturated carbocycles. The number of hydrogen-bond acceptors (Lipinski definition) is 5. The highest BCUT2D eigenvalue weighted by Crippen LogP contribution is 2.19. The zero-order chi connectivity index (χ0) is 16.8. The van der Waals surface area contributed by atoms with Crippen LogP contribution in [0.3, 0.4) is 0 Å². The van der Waals surface area contributed by atoms with Crippen molar-refractivity contribution in [3.05, 3.63) is 53.6 Å². The highest BCUT2D eigenvalue weighted by atomic mass is 16.5.